The molecule has 0 amide bonds. The molecule has 0 bridgehead atoms. The summed E-state index contributed by atoms with van der Waals surface area (Å²) in [6, 6.07) is 0.757. The number of hydrogen-bond acceptors (Lipinski definition) is 3. The predicted molar refractivity (Wildman–Crippen MR) is 66.7 cm³/mol. The molecule has 0 aliphatic carbocycles. The van der Waals surface area contributed by atoms with Crippen molar-refractivity contribution in [1.82, 2.24) is 10.2 Å². The highest BCUT2D eigenvalue weighted by molar-refractivity contribution is 4.85. The van der Waals surface area contributed by atoms with Gasteiger partial charge in [0.05, 0.1) is 13.2 Å². The second-order valence-electron chi connectivity index (χ2n) is 5.79. The minimum Gasteiger partial charge on any atom is -0.378 e. The fourth-order valence-electron chi connectivity index (χ4n) is 2.79. The summed E-state index contributed by atoms with van der Waals surface area (Å²) in [5, 5.41) is 3.63. The molecule has 3 heteroatoms. The number of nitrogens with zero attached hydrogens (tertiary/aromatic N) is 1. The molecule has 0 aromatic rings. The maximum atomic E-state index is 5.55. The number of hydrogen-bond donors (Lipinski definition) is 1. The third-order valence-corrected chi connectivity index (χ3v) is 3.98. The van der Waals surface area contributed by atoms with E-state index in [1.165, 1.54) is 38.8 Å². The molecule has 0 saturated carbocycles. The van der Waals surface area contributed by atoms with Crippen molar-refractivity contribution in [1.29, 1.82) is 0 Å². The lowest BCUT2D eigenvalue weighted by atomic mass is 9.98. The molecule has 2 aliphatic heterocycles. The first-order chi connectivity index (χ1) is 7.68. The maximum absolute atomic E-state index is 5.55. The van der Waals surface area contributed by atoms with Crippen LogP contribution in [0.25, 0.3) is 0 Å². The van der Waals surface area contributed by atoms with E-state index in [-0.39, 0.29) is 5.54 Å². The highest BCUT2D eigenvalue weighted by Crippen LogP contribution is 2.20. The molecule has 2 heterocycles. The molecule has 16 heavy (non-hydrogen) atoms. The zero-order chi connectivity index (χ0) is 11.4. The van der Waals surface area contributed by atoms with Crippen molar-refractivity contribution in [2.45, 2.75) is 51.1 Å². The molecule has 0 radical (unpaired) electrons. The molecule has 2 saturated heterocycles. The average Bonchev–Trinajstić information content (AvgIpc) is 2.28. The Kier molecular flexibility index (Phi) is 4.22. The van der Waals surface area contributed by atoms with Crippen molar-refractivity contribution in [3.05, 3.63) is 0 Å². The fraction of sp³-hybridized carbons (Fsp3) is 1.00. The molecule has 1 unspecified atom stereocenters. The minimum atomic E-state index is 0.229. The van der Waals surface area contributed by atoms with E-state index in [1.807, 2.05) is 0 Å². The molecule has 94 valence electrons. The molecule has 0 aromatic carbocycles. The van der Waals surface area contributed by atoms with Gasteiger partial charge in [0.15, 0.2) is 0 Å². The van der Waals surface area contributed by atoms with Crippen molar-refractivity contribution < 1.29 is 4.74 Å². The first kappa shape index (κ1) is 12.3. The molecule has 2 aliphatic rings. The molecule has 1 N–H and O–H groups in total. The smallest absolute Gasteiger partial charge is 0.0645 e. The summed E-state index contributed by atoms with van der Waals surface area (Å²) < 4.78 is 5.55. The van der Waals surface area contributed by atoms with E-state index >= 15 is 0 Å². The molecular weight excluding hydrogens is 200 g/mol. The normalized spacial score (nSPS) is 31.5. The van der Waals surface area contributed by atoms with Crippen molar-refractivity contribution in [3.63, 3.8) is 0 Å². The monoisotopic (exact) mass is 226 g/mol. The third kappa shape index (κ3) is 3.19. The molecule has 2 rings (SSSR count). The van der Waals surface area contributed by atoms with Crippen LogP contribution >= 0.6 is 0 Å². The van der Waals surface area contributed by atoms with Gasteiger partial charge >= 0.3 is 0 Å². The van der Waals surface area contributed by atoms with Gasteiger partial charge in [0.1, 0.15) is 0 Å². The summed E-state index contributed by atoms with van der Waals surface area (Å²) in [6.07, 6.45) is 5.43. The number of ether oxygens (including phenoxy) is 1. The van der Waals surface area contributed by atoms with Crippen LogP contribution in [0, 0.1) is 0 Å². The lowest BCUT2D eigenvalue weighted by Gasteiger charge is -2.42. The summed E-state index contributed by atoms with van der Waals surface area (Å²) in [5.74, 6) is 0. The summed E-state index contributed by atoms with van der Waals surface area (Å²) >= 11 is 0. The van der Waals surface area contributed by atoms with Crippen molar-refractivity contribution in [3.8, 4) is 0 Å². The van der Waals surface area contributed by atoms with Crippen molar-refractivity contribution >= 4 is 0 Å². The average molecular weight is 226 g/mol. The highest BCUT2D eigenvalue weighted by atomic mass is 16.5. The van der Waals surface area contributed by atoms with Crippen LogP contribution in [-0.2, 0) is 4.74 Å². The van der Waals surface area contributed by atoms with Gasteiger partial charge in [-0.3, -0.25) is 4.90 Å². The number of rotatable bonds is 3. The number of morpholine rings is 1. The highest BCUT2D eigenvalue weighted by Gasteiger charge is 2.30. The molecule has 2 fully saturated rings. The Hall–Kier alpha value is -0.120. The Morgan fingerprint density at radius 2 is 2.25 bits per heavy atom. The Labute approximate surface area is 99.5 Å². The zero-order valence-electron chi connectivity index (χ0n) is 10.8. The van der Waals surface area contributed by atoms with Crippen LogP contribution in [-0.4, -0.2) is 49.3 Å². The predicted octanol–water partition coefficient (Wildman–Crippen LogP) is 1.63. The van der Waals surface area contributed by atoms with Gasteiger partial charge in [-0.15, -0.1) is 0 Å². The van der Waals surface area contributed by atoms with Crippen LogP contribution in [0.4, 0.5) is 0 Å². The topological polar surface area (TPSA) is 24.5 Å². The van der Waals surface area contributed by atoms with E-state index in [4.69, 9.17) is 4.74 Å². The van der Waals surface area contributed by atoms with Crippen LogP contribution in [0.3, 0.4) is 0 Å². The first-order valence-electron chi connectivity index (χ1n) is 6.75. The fourth-order valence-corrected chi connectivity index (χ4v) is 2.79. The van der Waals surface area contributed by atoms with Crippen LogP contribution in [0.15, 0.2) is 0 Å². The number of nitrogens with one attached hydrogen (secondary N) is 1. The first-order valence-corrected chi connectivity index (χ1v) is 6.75. The van der Waals surface area contributed by atoms with Gasteiger partial charge in [-0.2, -0.15) is 0 Å². The molecular formula is C13H26N2O. The van der Waals surface area contributed by atoms with E-state index < -0.39 is 0 Å². The quantitative estimate of drug-likeness (QED) is 0.791. The van der Waals surface area contributed by atoms with Gasteiger partial charge in [-0.05, 0) is 39.7 Å². The molecule has 0 aromatic heterocycles. The summed E-state index contributed by atoms with van der Waals surface area (Å²) in [4.78, 5) is 2.59. The van der Waals surface area contributed by atoms with Crippen LogP contribution < -0.4 is 5.32 Å². The van der Waals surface area contributed by atoms with E-state index in [1.54, 1.807) is 0 Å². The maximum Gasteiger partial charge on any atom is 0.0645 e. The Morgan fingerprint density at radius 1 is 1.38 bits per heavy atom. The summed E-state index contributed by atoms with van der Waals surface area (Å²) in [7, 11) is 0. The lowest BCUT2D eigenvalue weighted by molar-refractivity contribution is -0.0523. The minimum absolute atomic E-state index is 0.229. The van der Waals surface area contributed by atoms with Crippen LogP contribution in [0.5, 0.6) is 0 Å². The molecule has 1 atom stereocenters. The van der Waals surface area contributed by atoms with Gasteiger partial charge in [0.2, 0.25) is 0 Å². The second kappa shape index (κ2) is 5.48. The standard InChI is InChI=1S/C13H26N2O/c1-13(2)11-16-10-9-15(13)8-6-12-5-3-4-7-14-12/h12,14H,3-11H2,1-2H3. The van der Waals surface area contributed by atoms with Crippen LogP contribution in [0.2, 0.25) is 0 Å². The second-order valence-corrected chi connectivity index (χ2v) is 5.79. The molecule has 0 spiro atoms. The van der Waals surface area contributed by atoms with Crippen molar-refractivity contribution in [2.75, 3.05) is 32.8 Å². The summed E-state index contributed by atoms with van der Waals surface area (Å²) in [5.41, 5.74) is 0.229. The Morgan fingerprint density at radius 3 is 2.94 bits per heavy atom. The van der Waals surface area contributed by atoms with E-state index in [9.17, 15) is 0 Å². The number of piperidine rings is 1. The van der Waals surface area contributed by atoms with E-state index in [0.717, 1.165) is 25.8 Å². The molecule has 3 nitrogen and oxygen atoms in total. The van der Waals surface area contributed by atoms with Gasteiger partial charge in [-0.25, -0.2) is 0 Å². The SMILES string of the molecule is CC1(C)COCCN1CCC1CCCCN1. The third-order valence-electron chi connectivity index (χ3n) is 3.98. The largest absolute Gasteiger partial charge is 0.378 e. The van der Waals surface area contributed by atoms with Gasteiger partial charge in [0.25, 0.3) is 0 Å². The van der Waals surface area contributed by atoms with Gasteiger partial charge in [0, 0.05) is 24.7 Å². The van der Waals surface area contributed by atoms with Gasteiger partial charge < -0.3 is 10.1 Å². The van der Waals surface area contributed by atoms with Crippen LogP contribution in [0.1, 0.15) is 39.5 Å². The van der Waals surface area contributed by atoms with Crippen molar-refractivity contribution in [2.24, 2.45) is 0 Å². The van der Waals surface area contributed by atoms with E-state index in [0.29, 0.717) is 0 Å². The summed E-state index contributed by atoms with van der Waals surface area (Å²) in [6.45, 7) is 9.90. The van der Waals surface area contributed by atoms with E-state index in [2.05, 4.69) is 24.1 Å². The Balaban J connectivity index is 1.75. The lowest BCUT2D eigenvalue weighted by Crippen LogP contribution is -2.54. The zero-order valence-corrected chi connectivity index (χ0v) is 10.8. The Bertz CT molecular complexity index is 212. The van der Waals surface area contributed by atoms with Gasteiger partial charge in [-0.1, -0.05) is 6.42 Å².